The number of rotatable bonds is 7. The third kappa shape index (κ3) is 5.31. The number of ether oxygens (including phenoxy) is 3. The first-order valence-corrected chi connectivity index (χ1v) is 13.0. The quantitative estimate of drug-likeness (QED) is 0.584. The lowest BCUT2D eigenvalue weighted by molar-refractivity contribution is -0.126. The standard InChI is InChI=1S/C27H39NO4/c29-25(23-11-16-30-17-12-23)18-21-6-4-20(5-7-21)8-13-28-14-9-22(10-15-28)24-2-1-3-26-27(24)32-19-31-26/h1-3,20-23H,4-19H2. The molecule has 0 N–H and O–H groups in total. The molecule has 0 spiro atoms. The van der Waals surface area contributed by atoms with Gasteiger partial charge < -0.3 is 19.1 Å². The van der Waals surface area contributed by atoms with Gasteiger partial charge in [0.25, 0.3) is 0 Å². The van der Waals surface area contributed by atoms with Crippen LogP contribution in [0, 0.1) is 17.8 Å². The van der Waals surface area contributed by atoms with E-state index in [1.165, 1.54) is 70.1 Å². The molecule has 1 aromatic carbocycles. The van der Waals surface area contributed by atoms with Crippen LogP contribution in [0.25, 0.3) is 0 Å². The summed E-state index contributed by atoms with van der Waals surface area (Å²) >= 11 is 0. The normalized spacial score (nSPS) is 27.5. The second-order valence-electron chi connectivity index (χ2n) is 10.4. The van der Waals surface area contributed by atoms with Gasteiger partial charge >= 0.3 is 0 Å². The molecule has 5 rings (SSSR count). The van der Waals surface area contributed by atoms with E-state index >= 15 is 0 Å². The molecular formula is C27H39NO4. The predicted molar refractivity (Wildman–Crippen MR) is 124 cm³/mol. The molecule has 2 saturated heterocycles. The smallest absolute Gasteiger partial charge is 0.231 e. The fourth-order valence-electron chi connectivity index (χ4n) is 6.30. The maximum absolute atomic E-state index is 12.6. The average molecular weight is 442 g/mol. The van der Waals surface area contributed by atoms with Crippen LogP contribution in [0.5, 0.6) is 11.5 Å². The van der Waals surface area contributed by atoms with E-state index in [1.54, 1.807) is 0 Å². The molecule has 1 saturated carbocycles. The zero-order valence-corrected chi connectivity index (χ0v) is 19.4. The van der Waals surface area contributed by atoms with Crippen molar-refractivity contribution in [2.45, 2.75) is 70.1 Å². The van der Waals surface area contributed by atoms with Gasteiger partial charge in [0.05, 0.1) is 0 Å². The van der Waals surface area contributed by atoms with Crippen LogP contribution < -0.4 is 9.47 Å². The Morgan fingerprint density at radius 3 is 2.44 bits per heavy atom. The summed E-state index contributed by atoms with van der Waals surface area (Å²) in [6, 6.07) is 6.33. The van der Waals surface area contributed by atoms with E-state index in [2.05, 4.69) is 17.0 Å². The van der Waals surface area contributed by atoms with Gasteiger partial charge in [-0.1, -0.05) is 25.0 Å². The maximum atomic E-state index is 12.6. The third-order valence-electron chi connectivity index (χ3n) is 8.44. The van der Waals surface area contributed by atoms with Gasteiger partial charge in [-0.15, -0.1) is 0 Å². The molecular weight excluding hydrogens is 402 g/mol. The molecule has 0 atom stereocenters. The number of piperidine rings is 1. The molecule has 3 heterocycles. The molecule has 32 heavy (non-hydrogen) atoms. The highest BCUT2D eigenvalue weighted by Gasteiger charge is 2.29. The van der Waals surface area contributed by atoms with Gasteiger partial charge in [-0.05, 0) is 88.4 Å². The zero-order valence-electron chi connectivity index (χ0n) is 19.4. The Hall–Kier alpha value is -1.59. The number of likely N-dealkylation sites (tertiary alicyclic amines) is 1. The molecule has 1 aromatic rings. The fourth-order valence-corrected chi connectivity index (χ4v) is 6.30. The van der Waals surface area contributed by atoms with Gasteiger partial charge in [0.1, 0.15) is 5.78 Å². The molecule has 176 valence electrons. The van der Waals surface area contributed by atoms with E-state index in [1.807, 2.05) is 6.07 Å². The van der Waals surface area contributed by atoms with Crippen LogP contribution >= 0.6 is 0 Å². The van der Waals surface area contributed by atoms with Crippen molar-refractivity contribution in [3.8, 4) is 11.5 Å². The number of carbonyl (C=O) groups is 1. The summed E-state index contributed by atoms with van der Waals surface area (Å²) in [5, 5.41) is 0. The summed E-state index contributed by atoms with van der Waals surface area (Å²) in [5.74, 6) is 4.77. The number of ketones is 1. The van der Waals surface area contributed by atoms with Crippen molar-refractivity contribution >= 4 is 5.78 Å². The Kier molecular flexibility index (Phi) is 7.33. The number of benzene rings is 1. The second-order valence-corrected chi connectivity index (χ2v) is 10.4. The molecule has 5 nitrogen and oxygen atoms in total. The van der Waals surface area contributed by atoms with Gasteiger partial charge in [-0.3, -0.25) is 4.79 Å². The van der Waals surface area contributed by atoms with Gasteiger partial charge in [-0.25, -0.2) is 0 Å². The highest BCUT2D eigenvalue weighted by Crippen LogP contribution is 2.42. The van der Waals surface area contributed by atoms with Crippen LogP contribution in [0.1, 0.15) is 75.7 Å². The first-order chi connectivity index (χ1) is 15.8. The van der Waals surface area contributed by atoms with Gasteiger partial charge in [0.2, 0.25) is 6.79 Å². The highest BCUT2D eigenvalue weighted by molar-refractivity contribution is 5.81. The highest BCUT2D eigenvalue weighted by atomic mass is 16.7. The number of para-hydroxylation sites is 1. The molecule has 4 aliphatic rings. The van der Waals surface area contributed by atoms with Crippen LogP contribution in [0.4, 0.5) is 0 Å². The van der Waals surface area contributed by atoms with Crippen molar-refractivity contribution in [2.24, 2.45) is 17.8 Å². The maximum Gasteiger partial charge on any atom is 0.231 e. The minimum atomic E-state index is 0.278. The van der Waals surface area contributed by atoms with Crippen LogP contribution in [-0.2, 0) is 9.53 Å². The minimum Gasteiger partial charge on any atom is -0.454 e. The first-order valence-electron chi connectivity index (χ1n) is 13.0. The molecule has 0 aromatic heterocycles. The van der Waals surface area contributed by atoms with E-state index in [9.17, 15) is 4.79 Å². The lowest BCUT2D eigenvalue weighted by Gasteiger charge is -2.34. The Bertz CT molecular complexity index is 759. The number of carbonyl (C=O) groups excluding carboxylic acids is 1. The molecule has 0 radical (unpaired) electrons. The lowest BCUT2D eigenvalue weighted by atomic mass is 9.77. The Morgan fingerprint density at radius 2 is 1.66 bits per heavy atom. The van der Waals surface area contributed by atoms with Gasteiger partial charge in [0, 0.05) is 31.1 Å². The van der Waals surface area contributed by atoms with Crippen LogP contribution in [-0.4, -0.2) is 50.3 Å². The number of Topliss-reactive ketones (excluding diaryl/α,β-unsaturated/α-hetero) is 1. The molecule has 1 aliphatic carbocycles. The van der Waals surface area contributed by atoms with Gasteiger partial charge in [-0.2, -0.15) is 0 Å². The summed E-state index contributed by atoms with van der Waals surface area (Å²) in [7, 11) is 0. The minimum absolute atomic E-state index is 0.278. The molecule has 3 aliphatic heterocycles. The van der Waals surface area contributed by atoms with Crippen LogP contribution in [0.3, 0.4) is 0 Å². The number of hydrogen-bond acceptors (Lipinski definition) is 5. The van der Waals surface area contributed by atoms with Crippen molar-refractivity contribution in [3.05, 3.63) is 23.8 Å². The predicted octanol–water partition coefficient (Wildman–Crippen LogP) is 5.18. The van der Waals surface area contributed by atoms with Crippen molar-refractivity contribution in [1.29, 1.82) is 0 Å². The zero-order chi connectivity index (χ0) is 21.8. The van der Waals surface area contributed by atoms with Crippen molar-refractivity contribution in [1.82, 2.24) is 4.90 Å². The second kappa shape index (κ2) is 10.6. The summed E-state index contributed by atoms with van der Waals surface area (Å²) in [4.78, 5) is 15.3. The Labute approximate surface area is 192 Å². The lowest BCUT2D eigenvalue weighted by Crippen LogP contribution is -2.35. The molecule has 0 unspecified atom stereocenters. The van der Waals surface area contributed by atoms with Crippen molar-refractivity contribution in [3.63, 3.8) is 0 Å². The number of hydrogen-bond donors (Lipinski definition) is 0. The molecule has 0 amide bonds. The summed E-state index contributed by atoms with van der Waals surface area (Å²) in [5.41, 5.74) is 1.34. The van der Waals surface area contributed by atoms with E-state index in [-0.39, 0.29) is 5.92 Å². The fraction of sp³-hybridized carbons (Fsp3) is 0.741. The van der Waals surface area contributed by atoms with E-state index < -0.39 is 0 Å². The monoisotopic (exact) mass is 441 g/mol. The number of nitrogens with zero attached hydrogens (tertiary/aromatic N) is 1. The average Bonchev–Trinajstić information content (AvgIpc) is 3.34. The van der Waals surface area contributed by atoms with Crippen LogP contribution in [0.15, 0.2) is 18.2 Å². The first kappa shape index (κ1) is 22.2. The van der Waals surface area contributed by atoms with E-state index in [4.69, 9.17) is 14.2 Å². The summed E-state index contributed by atoms with van der Waals surface area (Å²) in [6.45, 7) is 5.51. The largest absolute Gasteiger partial charge is 0.454 e. The Morgan fingerprint density at radius 1 is 0.906 bits per heavy atom. The van der Waals surface area contributed by atoms with E-state index in [0.29, 0.717) is 24.4 Å². The SMILES string of the molecule is O=C(CC1CCC(CCN2CCC(c3cccc4c3OCO4)CC2)CC1)C1CCOCC1. The topological polar surface area (TPSA) is 48.0 Å². The molecule has 0 bridgehead atoms. The van der Waals surface area contributed by atoms with Crippen molar-refractivity contribution in [2.75, 3.05) is 39.6 Å². The van der Waals surface area contributed by atoms with E-state index in [0.717, 1.165) is 49.9 Å². The van der Waals surface area contributed by atoms with Crippen molar-refractivity contribution < 1.29 is 19.0 Å². The third-order valence-corrected chi connectivity index (χ3v) is 8.44. The number of fused-ring (bicyclic) bond motifs is 1. The molecule has 5 heteroatoms. The summed E-state index contributed by atoms with van der Waals surface area (Å²) in [6.07, 6.45) is 11.6. The van der Waals surface area contributed by atoms with Gasteiger partial charge in [0.15, 0.2) is 11.5 Å². The van der Waals surface area contributed by atoms with Crippen LogP contribution in [0.2, 0.25) is 0 Å². The molecule has 3 fully saturated rings. The summed E-state index contributed by atoms with van der Waals surface area (Å²) < 4.78 is 16.7. The Balaban J connectivity index is 1.00.